The molecule has 5 nitrogen and oxygen atoms in total. The number of aromatic nitrogens is 3. The van der Waals surface area contributed by atoms with E-state index in [2.05, 4.69) is 4.98 Å². The van der Waals surface area contributed by atoms with Crippen molar-refractivity contribution in [2.45, 2.75) is 6.54 Å². The molecule has 2 aromatic rings. The van der Waals surface area contributed by atoms with Gasteiger partial charge in [-0.3, -0.25) is 14.3 Å². The number of rotatable bonds is 2. The van der Waals surface area contributed by atoms with Crippen LogP contribution in [0.3, 0.4) is 0 Å². The molecule has 1 N–H and O–H groups in total. The van der Waals surface area contributed by atoms with E-state index in [-0.39, 0.29) is 16.7 Å². The fourth-order valence-corrected chi connectivity index (χ4v) is 1.66. The van der Waals surface area contributed by atoms with Crippen molar-refractivity contribution in [3.05, 3.63) is 60.9 Å². The number of nitrogens with zero attached hydrogens (tertiary/aromatic N) is 2. The first kappa shape index (κ1) is 12.8. The maximum Gasteiger partial charge on any atom is 0.328 e. The molecule has 0 aliphatic rings. The molecule has 8 heteroatoms. The lowest BCUT2D eigenvalue weighted by molar-refractivity contribution is 0.564. The summed E-state index contributed by atoms with van der Waals surface area (Å²) < 4.78 is 14.0. The monoisotopic (exact) mass is 289 g/mol. The highest BCUT2D eigenvalue weighted by molar-refractivity contribution is 6.32. The molecule has 0 atom stereocenters. The molecule has 18 heavy (non-hydrogen) atoms. The molecule has 0 bridgehead atoms. The van der Waals surface area contributed by atoms with Crippen LogP contribution in [0.5, 0.6) is 0 Å². The molecule has 0 radical (unpaired) electrons. The van der Waals surface area contributed by atoms with Crippen molar-refractivity contribution in [1.82, 2.24) is 14.5 Å². The van der Waals surface area contributed by atoms with Gasteiger partial charge in [0.1, 0.15) is 5.15 Å². The van der Waals surface area contributed by atoms with Crippen molar-refractivity contribution in [2.75, 3.05) is 0 Å². The fraction of sp³-hybridized carbons (Fsp3) is 0.100. The van der Waals surface area contributed by atoms with Crippen LogP contribution in [-0.4, -0.2) is 14.5 Å². The van der Waals surface area contributed by atoms with E-state index < -0.39 is 17.1 Å². The first-order valence-electron chi connectivity index (χ1n) is 4.77. The first-order chi connectivity index (χ1) is 8.47. The van der Waals surface area contributed by atoms with Gasteiger partial charge in [0.05, 0.1) is 23.5 Å². The van der Waals surface area contributed by atoms with Crippen LogP contribution in [-0.2, 0) is 6.54 Å². The second-order valence-electron chi connectivity index (χ2n) is 3.43. The van der Waals surface area contributed by atoms with Gasteiger partial charge >= 0.3 is 5.69 Å². The van der Waals surface area contributed by atoms with Crippen LogP contribution < -0.4 is 11.2 Å². The Kier molecular flexibility index (Phi) is 3.49. The Balaban J connectivity index is 2.46. The average molecular weight is 290 g/mol. The zero-order chi connectivity index (χ0) is 13.3. The number of H-pyrrole nitrogens is 1. The van der Waals surface area contributed by atoms with Gasteiger partial charge in [-0.05, 0) is 12.1 Å². The first-order valence-corrected chi connectivity index (χ1v) is 5.53. The van der Waals surface area contributed by atoms with Crippen LogP contribution in [0.4, 0.5) is 4.39 Å². The molecule has 0 spiro atoms. The minimum Gasteiger partial charge on any atom is -0.292 e. The van der Waals surface area contributed by atoms with E-state index in [0.29, 0.717) is 5.69 Å². The summed E-state index contributed by atoms with van der Waals surface area (Å²) in [5, 5.41) is 0.491. The predicted molar refractivity (Wildman–Crippen MR) is 64.6 cm³/mol. The van der Waals surface area contributed by atoms with Crippen LogP contribution in [0.15, 0.2) is 27.9 Å². The standard InChI is InChI=1S/C10H6Cl2FN3O2/c11-5-1-2-8(12)14-7(5)4-16-3-6(13)9(17)15-10(16)18/h1-3H,4H2,(H,15,17,18). The number of pyridine rings is 1. The largest absolute Gasteiger partial charge is 0.328 e. The maximum atomic E-state index is 13.1. The van der Waals surface area contributed by atoms with Gasteiger partial charge in [-0.15, -0.1) is 0 Å². The van der Waals surface area contributed by atoms with Crippen LogP contribution >= 0.6 is 23.2 Å². The van der Waals surface area contributed by atoms with E-state index in [1.807, 2.05) is 4.98 Å². The minimum absolute atomic E-state index is 0.0913. The van der Waals surface area contributed by atoms with Gasteiger partial charge in [0.2, 0.25) is 5.82 Å². The van der Waals surface area contributed by atoms with Gasteiger partial charge in [-0.2, -0.15) is 4.39 Å². The van der Waals surface area contributed by atoms with E-state index in [4.69, 9.17) is 23.2 Å². The summed E-state index contributed by atoms with van der Waals surface area (Å²) >= 11 is 11.6. The SMILES string of the molecule is O=c1[nH]c(=O)n(Cc2nc(Cl)ccc2Cl)cc1F. The van der Waals surface area contributed by atoms with Gasteiger partial charge in [-0.1, -0.05) is 23.2 Å². The van der Waals surface area contributed by atoms with Gasteiger partial charge in [0, 0.05) is 0 Å². The smallest absolute Gasteiger partial charge is 0.292 e. The Morgan fingerprint density at radius 1 is 1.33 bits per heavy atom. The molecule has 2 heterocycles. The van der Waals surface area contributed by atoms with E-state index >= 15 is 0 Å². The highest BCUT2D eigenvalue weighted by atomic mass is 35.5. The minimum atomic E-state index is -1.07. The Labute approximate surface area is 110 Å². The molecule has 0 fully saturated rings. The Morgan fingerprint density at radius 2 is 2.06 bits per heavy atom. The van der Waals surface area contributed by atoms with Crippen LogP contribution in [0, 0.1) is 5.82 Å². The van der Waals surface area contributed by atoms with Crippen LogP contribution in [0.25, 0.3) is 0 Å². The van der Waals surface area contributed by atoms with Crippen LogP contribution in [0.1, 0.15) is 5.69 Å². The summed E-state index contributed by atoms with van der Waals surface area (Å²) in [7, 11) is 0. The van der Waals surface area contributed by atoms with Crippen molar-refractivity contribution < 1.29 is 4.39 Å². The Bertz CT molecular complexity index is 711. The third kappa shape index (κ3) is 2.60. The molecule has 0 saturated carbocycles. The molecule has 0 saturated heterocycles. The normalized spacial score (nSPS) is 10.6. The molecule has 94 valence electrons. The molecule has 0 aromatic carbocycles. The highest BCUT2D eigenvalue weighted by Crippen LogP contribution is 2.17. The number of halogens is 3. The van der Waals surface area contributed by atoms with Crippen molar-refractivity contribution in [3.63, 3.8) is 0 Å². The molecular weight excluding hydrogens is 284 g/mol. The number of nitrogens with one attached hydrogen (secondary N) is 1. The lowest BCUT2D eigenvalue weighted by Crippen LogP contribution is -2.31. The van der Waals surface area contributed by atoms with Crippen molar-refractivity contribution in [3.8, 4) is 0 Å². The van der Waals surface area contributed by atoms with Crippen molar-refractivity contribution in [2.24, 2.45) is 0 Å². The third-order valence-corrected chi connectivity index (χ3v) is 2.73. The zero-order valence-electron chi connectivity index (χ0n) is 8.78. The van der Waals surface area contributed by atoms with E-state index in [9.17, 15) is 14.0 Å². The number of aromatic amines is 1. The lowest BCUT2D eigenvalue weighted by Gasteiger charge is -2.06. The summed E-state index contributed by atoms with van der Waals surface area (Å²) in [6, 6.07) is 3.00. The maximum absolute atomic E-state index is 13.1. The summed E-state index contributed by atoms with van der Waals surface area (Å²) in [5.41, 5.74) is -1.52. The number of hydrogen-bond donors (Lipinski definition) is 1. The molecule has 0 amide bonds. The summed E-state index contributed by atoms with van der Waals surface area (Å²) in [6.45, 7) is -0.0913. The molecular formula is C10H6Cl2FN3O2. The zero-order valence-corrected chi connectivity index (χ0v) is 10.3. The van der Waals surface area contributed by atoms with Gasteiger partial charge in [0.15, 0.2) is 0 Å². The number of hydrogen-bond acceptors (Lipinski definition) is 3. The third-order valence-electron chi connectivity index (χ3n) is 2.17. The average Bonchev–Trinajstić information content (AvgIpc) is 2.30. The van der Waals surface area contributed by atoms with Gasteiger partial charge < -0.3 is 0 Å². The van der Waals surface area contributed by atoms with E-state index in [1.54, 1.807) is 0 Å². The highest BCUT2D eigenvalue weighted by Gasteiger charge is 2.08. The molecule has 0 aliphatic heterocycles. The summed E-state index contributed by atoms with van der Waals surface area (Å²) in [6.07, 6.45) is 0.792. The molecule has 2 aromatic heterocycles. The van der Waals surface area contributed by atoms with Crippen LogP contribution in [0.2, 0.25) is 10.2 Å². The molecule has 0 aliphatic carbocycles. The van der Waals surface area contributed by atoms with Crippen molar-refractivity contribution >= 4 is 23.2 Å². The second-order valence-corrected chi connectivity index (χ2v) is 4.22. The Hall–Kier alpha value is -1.66. The van der Waals surface area contributed by atoms with E-state index in [1.165, 1.54) is 12.1 Å². The summed E-state index contributed by atoms with van der Waals surface area (Å²) in [4.78, 5) is 28.0. The molecule has 0 unspecified atom stereocenters. The van der Waals surface area contributed by atoms with Crippen molar-refractivity contribution in [1.29, 1.82) is 0 Å². The topological polar surface area (TPSA) is 67.8 Å². The molecule has 2 rings (SSSR count). The van der Waals surface area contributed by atoms with Gasteiger partial charge in [0.25, 0.3) is 5.56 Å². The quantitative estimate of drug-likeness (QED) is 0.851. The predicted octanol–water partition coefficient (Wildman–Crippen LogP) is 1.43. The van der Waals surface area contributed by atoms with Gasteiger partial charge in [-0.25, -0.2) is 9.78 Å². The fourth-order valence-electron chi connectivity index (χ4n) is 1.33. The summed E-state index contributed by atoms with van der Waals surface area (Å²) in [5.74, 6) is -1.06. The Morgan fingerprint density at radius 3 is 2.78 bits per heavy atom. The lowest BCUT2D eigenvalue weighted by atomic mass is 10.3. The van der Waals surface area contributed by atoms with E-state index in [0.717, 1.165) is 10.8 Å². The second kappa shape index (κ2) is 4.91.